The Kier molecular flexibility index (Phi) is 5.49. The maximum Gasteiger partial charge on any atom is 0.244 e. The van der Waals surface area contributed by atoms with Crippen molar-refractivity contribution in [3.63, 3.8) is 0 Å². The number of nitrogens with zero attached hydrogens (tertiary/aromatic N) is 2. The largest absolute Gasteiger partial charge is 0.348 e. The van der Waals surface area contributed by atoms with Crippen molar-refractivity contribution >= 4 is 23.6 Å². The Morgan fingerprint density at radius 3 is 2.62 bits per heavy atom. The van der Waals surface area contributed by atoms with Gasteiger partial charge in [-0.05, 0) is 31.2 Å². The fraction of sp³-hybridized carbons (Fsp3) is 0.100. The van der Waals surface area contributed by atoms with Crippen LogP contribution in [0.2, 0.25) is 5.15 Å². The third kappa shape index (κ3) is 4.00. The van der Waals surface area contributed by atoms with Gasteiger partial charge in [-0.15, -0.1) is 0 Å². The average molecular weight is 370 g/mol. The highest BCUT2D eigenvalue weighted by molar-refractivity contribution is 6.31. The predicted molar refractivity (Wildman–Crippen MR) is 101 cm³/mol. The van der Waals surface area contributed by atoms with Gasteiger partial charge in [0.2, 0.25) is 5.91 Å². The molecule has 3 rings (SSSR count). The summed E-state index contributed by atoms with van der Waals surface area (Å²) in [5.41, 5.74) is 2.64. The Labute approximate surface area is 155 Å². The van der Waals surface area contributed by atoms with Crippen LogP contribution in [0.15, 0.2) is 60.7 Å². The van der Waals surface area contributed by atoms with Crippen molar-refractivity contribution in [2.45, 2.75) is 13.5 Å². The van der Waals surface area contributed by atoms with Crippen LogP contribution >= 0.6 is 11.6 Å². The molecular weight excluding hydrogens is 353 g/mol. The lowest BCUT2D eigenvalue weighted by atomic mass is 10.2. The van der Waals surface area contributed by atoms with Gasteiger partial charge in [-0.1, -0.05) is 48.0 Å². The lowest BCUT2D eigenvalue weighted by Gasteiger charge is -2.03. The van der Waals surface area contributed by atoms with Gasteiger partial charge in [0.15, 0.2) is 0 Å². The summed E-state index contributed by atoms with van der Waals surface area (Å²) in [7, 11) is 0. The van der Waals surface area contributed by atoms with E-state index in [1.807, 2.05) is 37.3 Å². The molecular formula is C20H17ClFN3O. The van der Waals surface area contributed by atoms with Crippen LogP contribution in [-0.2, 0) is 11.3 Å². The average Bonchev–Trinajstić information content (AvgIpc) is 2.94. The Bertz CT molecular complexity index is 951. The van der Waals surface area contributed by atoms with Gasteiger partial charge in [0.05, 0.1) is 11.4 Å². The summed E-state index contributed by atoms with van der Waals surface area (Å²) >= 11 is 6.41. The minimum absolute atomic E-state index is 0.117. The number of rotatable bonds is 5. The van der Waals surface area contributed by atoms with Gasteiger partial charge in [-0.2, -0.15) is 5.10 Å². The standard InChI is InChI=1S/C20H17ClFN3O/c1-14-17(20(21)25(24-14)16-8-3-2-4-9-16)11-12-19(26)23-13-15-7-5-6-10-18(15)22/h2-12H,13H2,1H3,(H,23,26)/b12-11+. The molecule has 1 N–H and O–H groups in total. The van der Waals surface area contributed by atoms with Crippen molar-refractivity contribution in [1.29, 1.82) is 0 Å². The van der Waals surface area contributed by atoms with E-state index in [0.29, 0.717) is 22.0 Å². The fourth-order valence-electron chi connectivity index (χ4n) is 2.48. The quantitative estimate of drug-likeness (QED) is 0.681. The topological polar surface area (TPSA) is 46.9 Å². The lowest BCUT2D eigenvalue weighted by molar-refractivity contribution is -0.116. The zero-order chi connectivity index (χ0) is 18.5. The van der Waals surface area contributed by atoms with Crippen LogP contribution in [0.25, 0.3) is 11.8 Å². The van der Waals surface area contributed by atoms with Crippen molar-refractivity contribution in [3.05, 3.63) is 88.5 Å². The molecule has 0 fully saturated rings. The Morgan fingerprint density at radius 2 is 1.88 bits per heavy atom. The van der Waals surface area contributed by atoms with Gasteiger partial charge in [-0.3, -0.25) is 4.79 Å². The molecule has 1 amide bonds. The van der Waals surface area contributed by atoms with Gasteiger partial charge in [0.25, 0.3) is 0 Å². The van der Waals surface area contributed by atoms with Gasteiger partial charge < -0.3 is 5.32 Å². The summed E-state index contributed by atoms with van der Waals surface area (Å²) in [5.74, 6) is -0.684. The van der Waals surface area contributed by atoms with E-state index in [0.717, 1.165) is 5.69 Å². The van der Waals surface area contributed by atoms with Gasteiger partial charge >= 0.3 is 0 Å². The van der Waals surface area contributed by atoms with E-state index in [9.17, 15) is 9.18 Å². The summed E-state index contributed by atoms with van der Waals surface area (Å²) in [6.07, 6.45) is 2.98. The molecule has 0 atom stereocenters. The SMILES string of the molecule is Cc1nn(-c2ccccc2)c(Cl)c1/C=C/C(=O)NCc1ccccc1F. The molecule has 0 unspecified atom stereocenters. The minimum atomic E-state index is -0.347. The van der Waals surface area contributed by atoms with E-state index in [1.165, 1.54) is 12.1 Å². The number of carbonyl (C=O) groups is 1. The number of carbonyl (C=O) groups excluding carboxylic acids is 1. The van der Waals surface area contributed by atoms with Crippen molar-refractivity contribution < 1.29 is 9.18 Å². The first kappa shape index (κ1) is 17.9. The van der Waals surface area contributed by atoms with Gasteiger partial charge in [0, 0.05) is 23.7 Å². The second-order valence-electron chi connectivity index (χ2n) is 5.68. The minimum Gasteiger partial charge on any atom is -0.348 e. The first-order valence-corrected chi connectivity index (χ1v) is 8.44. The van der Waals surface area contributed by atoms with Crippen LogP contribution in [0, 0.1) is 12.7 Å². The monoisotopic (exact) mass is 369 g/mol. The molecule has 0 aliphatic heterocycles. The normalized spacial score (nSPS) is 11.0. The number of hydrogen-bond donors (Lipinski definition) is 1. The van der Waals surface area contributed by atoms with Crippen LogP contribution in [0.1, 0.15) is 16.8 Å². The number of amides is 1. The number of hydrogen-bond acceptors (Lipinski definition) is 2. The van der Waals surface area contributed by atoms with E-state index >= 15 is 0 Å². The maximum absolute atomic E-state index is 13.6. The Morgan fingerprint density at radius 1 is 1.19 bits per heavy atom. The molecule has 2 aromatic carbocycles. The molecule has 0 radical (unpaired) electrons. The van der Waals surface area contributed by atoms with Crippen LogP contribution in [0.5, 0.6) is 0 Å². The summed E-state index contributed by atoms with van der Waals surface area (Å²) in [6, 6.07) is 15.8. The number of aromatic nitrogens is 2. The zero-order valence-electron chi connectivity index (χ0n) is 14.1. The van der Waals surface area contributed by atoms with Gasteiger partial charge in [0.1, 0.15) is 11.0 Å². The van der Waals surface area contributed by atoms with E-state index in [4.69, 9.17) is 11.6 Å². The molecule has 4 nitrogen and oxygen atoms in total. The Hall–Kier alpha value is -2.92. The third-order valence-electron chi connectivity index (χ3n) is 3.86. The molecule has 0 bridgehead atoms. The molecule has 0 saturated carbocycles. The number of aryl methyl sites for hydroxylation is 1. The fourth-order valence-corrected chi connectivity index (χ4v) is 2.82. The smallest absolute Gasteiger partial charge is 0.244 e. The second kappa shape index (κ2) is 7.97. The molecule has 1 aromatic heterocycles. The highest BCUT2D eigenvalue weighted by Crippen LogP contribution is 2.24. The number of benzene rings is 2. The molecule has 26 heavy (non-hydrogen) atoms. The predicted octanol–water partition coefficient (Wildman–Crippen LogP) is 4.30. The van der Waals surface area contributed by atoms with Crippen molar-refractivity contribution in [1.82, 2.24) is 15.1 Å². The first-order valence-electron chi connectivity index (χ1n) is 8.06. The maximum atomic E-state index is 13.6. The van der Waals surface area contributed by atoms with E-state index < -0.39 is 0 Å². The molecule has 0 spiro atoms. The van der Waals surface area contributed by atoms with E-state index in [2.05, 4.69) is 10.4 Å². The number of halogens is 2. The van der Waals surface area contributed by atoms with E-state index in [-0.39, 0.29) is 18.3 Å². The van der Waals surface area contributed by atoms with Crippen LogP contribution in [0.3, 0.4) is 0 Å². The summed E-state index contributed by atoms with van der Waals surface area (Å²) in [4.78, 5) is 12.0. The van der Waals surface area contributed by atoms with Crippen molar-refractivity contribution in [2.75, 3.05) is 0 Å². The van der Waals surface area contributed by atoms with Crippen molar-refractivity contribution in [3.8, 4) is 5.69 Å². The highest BCUT2D eigenvalue weighted by atomic mass is 35.5. The van der Waals surface area contributed by atoms with Crippen LogP contribution in [-0.4, -0.2) is 15.7 Å². The molecule has 1 heterocycles. The molecule has 3 aromatic rings. The van der Waals surface area contributed by atoms with Crippen molar-refractivity contribution in [2.24, 2.45) is 0 Å². The number of nitrogens with one attached hydrogen (secondary N) is 1. The van der Waals surface area contributed by atoms with Crippen LogP contribution in [0.4, 0.5) is 4.39 Å². The highest BCUT2D eigenvalue weighted by Gasteiger charge is 2.12. The Balaban J connectivity index is 1.71. The van der Waals surface area contributed by atoms with Crippen LogP contribution < -0.4 is 5.32 Å². The molecule has 6 heteroatoms. The molecule has 0 aliphatic carbocycles. The third-order valence-corrected chi connectivity index (χ3v) is 4.22. The number of para-hydroxylation sites is 1. The summed E-state index contributed by atoms with van der Waals surface area (Å²) < 4.78 is 15.2. The first-order chi connectivity index (χ1) is 12.6. The molecule has 0 aliphatic rings. The second-order valence-corrected chi connectivity index (χ2v) is 6.04. The molecule has 0 saturated heterocycles. The summed E-state index contributed by atoms with van der Waals surface area (Å²) in [6.45, 7) is 1.94. The zero-order valence-corrected chi connectivity index (χ0v) is 14.9. The van der Waals surface area contributed by atoms with Gasteiger partial charge in [-0.25, -0.2) is 9.07 Å². The summed E-state index contributed by atoms with van der Waals surface area (Å²) in [5, 5.41) is 7.49. The van der Waals surface area contributed by atoms with E-state index in [1.54, 1.807) is 29.0 Å². The molecule has 132 valence electrons. The lowest BCUT2D eigenvalue weighted by Crippen LogP contribution is -2.20.